The number of nitrogens with zero attached hydrogens (tertiary/aromatic N) is 3. The zero-order chi connectivity index (χ0) is 18.6. The van der Waals surface area contributed by atoms with E-state index in [1.165, 1.54) is 21.5 Å². The van der Waals surface area contributed by atoms with Gasteiger partial charge in [0.25, 0.3) is 0 Å². The minimum Gasteiger partial charge on any atom is -0.339 e. The van der Waals surface area contributed by atoms with Crippen LogP contribution in [0.3, 0.4) is 0 Å². The molecule has 2 saturated heterocycles. The summed E-state index contributed by atoms with van der Waals surface area (Å²) in [5, 5.41) is 1.21. The summed E-state index contributed by atoms with van der Waals surface area (Å²) in [5.74, 6) is 0.823. The Morgan fingerprint density at radius 1 is 1.12 bits per heavy atom. The predicted molar refractivity (Wildman–Crippen MR) is 102 cm³/mol. The van der Waals surface area contributed by atoms with Crippen LogP contribution in [0.1, 0.15) is 5.56 Å². The molecule has 0 radical (unpaired) electrons. The quantitative estimate of drug-likeness (QED) is 0.732. The fourth-order valence-electron chi connectivity index (χ4n) is 2.81. The van der Waals surface area contributed by atoms with E-state index in [9.17, 15) is 18.0 Å². The Morgan fingerprint density at radius 3 is 2.42 bits per heavy atom. The van der Waals surface area contributed by atoms with Gasteiger partial charge in [0.2, 0.25) is 21.8 Å². The smallest absolute Gasteiger partial charge is 0.242 e. The van der Waals surface area contributed by atoms with Crippen molar-refractivity contribution < 1.29 is 18.0 Å². The second-order valence-electron chi connectivity index (χ2n) is 6.11. The van der Waals surface area contributed by atoms with Crippen LogP contribution in [0.2, 0.25) is 0 Å². The fourth-order valence-corrected chi connectivity index (χ4v) is 4.89. The van der Waals surface area contributed by atoms with Gasteiger partial charge in [-0.3, -0.25) is 9.59 Å². The van der Waals surface area contributed by atoms with E-state index in [0.29, 0.717) is 24.7 Å². The standard InChI is InChI=1S/C17H21N3O4S2/c21-16(12-19-14-25-13-17(19)22)18-7-9-20(10-8-18)26(23,24)11-6-15-4-2-1-3-5-15/h1-6,11H,7-10,12-14H2/b11-6+. The number of hydrogen-bond donors (Lipinski definition) is 0. The van der Waals surface area contributed by atoms with E-state index in [1.807, 2.05) is 30.3 Å². The van der Waals surface area contributed by atoms with Crippen LogP contribution in [0.5, 0.6) is 0 Å². The molecule has 9 heteroatoms. The molecule has 1 aromatic rings. The van der Waals surface area contributed by atoms with Crippen molar-refractivity contribution in [1.82, 2.24) is 14.1 Å². The average molecular weight is 396 g/mol. The molecular weight excluding hydrogens is 374 g/mol. The molecule has 2 heterocycles. The Balaban J connectivity index is 1.53. The number of piperazine rings is 1. The van der Waals surface area contributed by atoms with Gasteiger partial charge in [-0.2, -0.15) is 4.31 Å². The van der Waals surface area contributed by atoms with Crippen LogP contribution >= 0.6 is 11.8 Å². The molecule has 0 atom stereocenters. The van der Waals surface area contributed by atoms with E-state index < -0.39 is 10.0 Å². The Labute approximate surface area is 157 Å². The molecule has 0 aliphatic carbocycles. The molecule has 2 aliphatic heterocycles. The van der Waals surface area contributed by atoms with Crippen molar-refractivity contribution in [3.8, 4) is 0 Å². The fraction of sp³-hybridized carbons (Fsp3) is 0.412. The lowest BCUT2D eigenvalue weighted by atomic mass is 10.2. The molecule has 0 unspecified atom stereocenters. The molecule has 0 N–H and O–H groups in total. The first kappa shape index (κ1) is 18.9. The van der Waals surface area contributed by atoms with Gasteiger partial charge >= 0.3 is 0 Å². The molecule has 7 nitrogen and oxygen atoms in total. The number of rotatable bonds is 5. The van der Waals surface area contributed by atoms with Gasteiger partial charge in [0.05, 0.1) is 11.6 Å². The SMILES string of the molecule is O=C(CN1CSCC1=O)N1CCN(S(=O)(=O)/C=C/c2ccccc2)CC1. The molecule has 0 aromatic heterocycles. The van der Waals surface area contributed by atoms with Crippen molar-refractivity contribution in [2.45, 2.75) is 0 Å². The number of sulfonamides is 1. The van der Waals surface area contributed by atoms with Crippen molar-refractivity contribution in [2.24, 2.45) is 0 Å². The molecule has 2 amide bonds. The highest BCUT2D eigenvalue weighted by molar-refractivity contribution is 8.00. The maximum Gasteiger partial charge on any atom is 0.242 e. The second kappa shape index (κ2) is 8.24. The monoisotopic (exact) mass is 395 g/mol. The van der Waals surface area contributed by atoms with Gasteiger partial charge in [0.1, 0.15) is 6.54 Å². The Hall–Kier alpha value is -1.84. The highest BCUT2D eigenvalue weighted by Gasteiger charge is 2.30. The summed E-state index contributed by atoms with van der Waals surface area (Å²) in [7, 11) is -3.51. The molecule has 0 saturated carbocycles. The van der Waals surface area contributed by atoms with E-state index in [4.69, 9.17) is 0 Å². The summed E-state index contributed by atoms with van der Waals surface area (Å²) in [5.41, 5.74) is 0.818. The van der Waals surface area contributed by atoms with Gasteiger partial charge in [0.15, 0.2) is 0 Å². The first-order valence-corrected chi connectivity index (χ1v) is 11.0. The summed E-state index contributed by atoms with van der Waals surface area (Å²) >= 11 is 1.50. The first-order valence-electron chi connectivity index (χ1n) is 8.32. The molecule has 140 valence electrons. The predicted octanol–water partition coefficient (Wildman–Crippen LogP) is 0.664. The summed E-state index contributed by atoms with van der Waals surface area (Å²) in [6.07, 6.45) is 1.57. The van der Waals surface area contributed by atoms with Crippen molar-refractivity contribution in [2.75, 3.05) is 44.4 Å². The molecule has 2 fully saturated rings. The summed E-state index contributed by atoms with van der Waals surface area (Å²) < 4.78 is 26.3. The minimum absolute atomic E-state index is 0.0180. The number of thioether (sulfide) groups is 1. The summed E-state index contributed by atoms with van der Waals surface area (Å²) in [6, 6.07) is 9.23. The zero-order valence-corrected chi connectivity index (χ0v) is 15.9. The molecule has 1 aromatic carbocycles. The first-order chi connectivity index (χ1) is 12.5. The number of amides is 2. The Kier molecular flexibility index (Phi) is 6.00. The lowest BCUT2D eigenvalue weighted by molar-refractivity contribution is -0.138. The van der Waals surface area contributed by atoms with Gasteiger partial charge in [-0.05, 0) is 11.6 Å². The average Bonchev–Trinajstić information content (AvgIpc) is 3.06. The minimum atomic E-state index is -3.51. The lowest BCUT2D eigenvalue weighted by Crippen LogP contribution is -2.52. The molecule has 26 heavy (non-hydrogen) atoms. The summed E-state index contributed by atoms with van der Waals surface area (Å²) in [6.45, 7) is 1.27. The van der Waals surface area contributed by atoms with Crippen LogP contribution in [0.4, 0.5) is 0 Å². The van der Waals surface area contributed by atoms with E-state index >= 15 is 0 Å². The van der Waals surface area contributed by atoms with Crippen molar-refractivity contribution >= 4 is 39.7 Å². The van der Waals surface area contributed by atoms with Crippen LogP contribution in [0.15, 0.2) is 35.7 Å². The normalized spacial score (nSPS) is 19.5. The largest absolute Gasteiger partial charge is 0.339 e. The van der Waals surface area contributed by atoms with Crippen LogP contribution in [-0.4, -0.2) is 78.7 Å². The maximum absolute atomic E-state index is 12.4. The van der Waals surface area contributed by atoms with E-state index in [1.54, 1.807) is 15.9 Å². The van der Waals surface area contributed by atoms with Crippen LogP contribution in [-0.2, 0) is 19.6 Å². The van der Waals surface area contributed by atoms with Gasteiger partial charge in [-0.15, -0.1) is 11.8 Å². The number of carbonyl (C=O) groups excluding carboxylic acids is 2. The van der Waals surface area contributed by atoms with Crippen LogP contribution in [0.25, 0.3) is 6.08 Å². The van der Waals surface area contributed by atoms with Crippen molar-refractivity contribution in [3.63, 3.8) is 0 Å². The third-order valence-corrected chi connectivity index (χ3v) is 6.85. The van der Waals surface area contributed by atoms with Gasteiger partial charge < -0.3 is 9.80 Å². The van der Waals surface area contributed by atoms with Crippen molar-refractivity contribution in [1.29, 1.82) is 0 Å². The second-order valence-corrected chi connectivity index (χ2v) is 8.88. The maximum atomic E-state index is 12.4. The zero-order valence-electron chi connectivity index (χ0n) is 14.3. The molecule has 3 rings (SSSR count). The van der Waals surface area contributed by atoms with Gasteiger partial charge in [-0.25, -0.2) is 8.42 Å². The van der Waals surface area contributed by atoms with Gasteiger partial charge in [0, 0.05) is 31.6 Å². The van der Waals surface area contributed by atoms with Gasteiger partial charge in [-0.1, -0.05) is 30.3 Å². The van der Waals surface area contributed by atoms with E-state index in [-0.39, 0.29) is 31.4 Å². The Bertz CT molecular complexity index is 787. The van der Waals surface area contributed by atoms with Crippen molar-refractivity contribution in [3.05, 3.63) is 41.3 Å². The number of benzene rings is 1. The number of hydrogen-bond acceptors (Lipinski definition) is 5. The molecule has 0 spiro atoms. The topological polar surface area (TPSA) is 78.0 Å². The molecular formula is C17H21N3O4S2. The summed E-state index contributed by atoms with van der Waals surface area (Å²) in [4.78, 5) is 27.1. The van der Waals surface area contributed by atoms with E-state index in [0.717, 1.165) is 5.56 Å². The highest BCUT2D eigenvalue weighted by atomic mass is 32.2. The Morgan fingerprint density at radius 2 is 1.81 bits per heavy atom. The third-order valence-electron chi connectivity index (χ3n) is 4.33. The van der Waals surface area contributed by atoms with Crippen LogP contribution in [0, 0.1) is 0 Å². The molecule has 2 aliphatic rings. The lowest BCUT2D eigenvalue weighted by Gasteiger charge is -2.34. The van der Waals surface area contributed by atoms with E-state index in [2.05, 4.69) is 0 Å². The third kappa shape index (κ3) is 4.66. The highest BCUT2D eigenvalue weighted by Crippen LogP contribution is 2.16. The number of carbonyl (C=O) groups is 2. The molecule has 0 bridgehead atoms. The van der Waals surface area contributed by atoms with Crippen LogP contribution < -0.4 is 0 Å².